The Kier molecular flexibility index (Phi) is 5.80. The van der Waals surface area contributed by atoms with Crippen LogP contribution in [0.2, 0.25) is 0 Å². The molecule has 1 aromatic heterocycles. The lowest BCUT2D eigenvalue weighted by atomic mass is 10.3. The van der Waals surface area contributed by atoms with E-state index < -0.39 is 0 Å². The molecule has 0 saturated carbocycles. The molecule has 6 heteroatoms. The molecule has 0 saturated heterocycles. The Morgan fingerprint density at radius 1 is 1.17 bits per heavy atom. The van der Waals surface area contributed by atoms with Crippen LogP contribution in [0.15, 0.2) is 47.3 Å². The highest BCUT2D eigenvalue weighted by Crippen LogP contribution is 2.09. The monoisotopic (exact) mass is 316 g/mol. The normalized spacial score (nSPS) is 10.2. The molecule has 0 unspecified atom stereocenters. The number of carbonyl (C=O) groups excluding carboxylic acids is 1. The zero-order valence-electron chi connectivity index (χ0n) is 13.2. The van der Waals surface area contributed by atoms with Crippen LogP contribution in [0, 0.1) is 6.92 Å². The van der Waals surface area contributed by atoms with Gasteiger partial charge in [-0.3, -0.25) is 9.59 Å². The fourth-order valence-electron chi connectivity index (χ4n) is 2.13. The first-order valence-electron chi connectivity index (χ1n) is 7.30. The summed E-state index contributed by atoms with van der Waals surface area (Å²) in [6.45, 7) is 2.51. The fourth-order valence-corrected chi connectivity index (χ4v) is 2.13. The Morgan fingerprint density at radius 3 is 2.57 bits per heavy atom. The van der Waals surface area contributed by atoms with Crippen molar-refractivity contribution in [3.63, 3.8) is 0 Å². The molecule has 0 atom stereocenters. The number of rotatable bonds is 7. The number of benzene rings is 1. The summed E-state index contributed by atoms with van der Waals surface area (Å²) < 4.78 is 12.0. The van der Waals surface area contributed by atoms with Crippen LogP contribution in [0.25, 0.3) is 0 Å². The number of nitrogens with one attached hydrogen (secondary N) is 1. The van der Waals surface area contributed by atoms with E-state index in [-0.39, 0.29) is 18.1 Å². The van der Waals surface area contributed by atoms with E-state index in [1.54, 1.807) is 22.8 Å². The molecule has 2 rings (SSSR count). The quantitative estimate of drug-likeness (QED) is 0.837. The molecule has 1 amide bonds. The minimum atomic E-state index is -0.229. The molecule has 122 valence electrons. The average molecular weight is 316 g/mol. The van der Waals surface area contributed by atoms with E-state index in [2.05, 4.69) is 5.32 Å². The van der Waals surface area contributed by atoms with Crippen LogP contribution in [0.3, 0.4) is 0 Å². The largest absolute Gasteiger partial charge is 0.496 e. The highest BCUT2D eigenvalue weighted by molar-refractivity contribution is 5.77. The van der Waals surface area contributed by atoms with Crippen molar-refractivity contribution in [2.75, 3.05) is 20.3 Å². The molecule has 1 heterocycles. The van der Waals surface area contributed by atoms with E-state index in [9.17, 15) is 9.59 Å². The third-order valence-corrected chi connectivity index (χ3v) is 3.32. The van der Waals surface area contributed by atoms with Crippen LogP contribution < -0.4 is 20.3 Å². The molecule has 0 aliphatic rings. The van der Waals surface area contributed by atoms with Crippen molar-refractivity contribution in [1.82, 2.24) is 9.88 Å². The number of pyridine rings is 1. The number of amides is 1. The van der Waals surface area contributed by atoms with Crippen molar-refractivity contribution >= 4 is 5.91 Å². The van der Waals surface area contributed by atoms with E-state index in [0.717, 1.165) is 5.69 Å². The van der Waals surface area contributed by atoms with Gasteiger partial charge in [-0.1, -0.05) is 18.2 Å². The molecule has 2 aromatic rings. The molecule has 0 radical (unpaired) electrons. The third-order valence-electron chi connectivity index (χ3n) is 3.32. The Bertz CT molecular complexity index is 710. The SMILES string of the molecule is COc1cc(C)n(CCNC(=O)COc2ccccc2)c(=O)c1. The van der Waals surface area contributed by atoms with Gasteiger partial charge in [0.1, 0.15) is 11.5 Å². The number of ether oxygens (including phenoxy) is 2. The number of carbonyl (C=O) groups is 1. The molecule has 0 bridgehead atoms. The van der Waals surface area contributed by atoms with Gasteiger partial charge < -0.3 is 19.4 Å². The zero-order valence-corrected chi connectivity index (χ0v) is 13.2. The van der Waals surface area contributed by atoms with Crippen LogP contribution in [-0.2, 0) is 11.3 Å². The highest BCUT2D eigenvalue weighted by atomic mass is 16.5. The van der Waals surface area contributed by atoms with Gasteiger partial charge in [-0.05, 0) is 25.1 Å². The minimum absolute atomic E-state index is 0.0551. The van der Waals surface area contributed by atoms with E-state index in [1.807, 2.05) is 25.1 Å². The van der Waals surface area contributed by atoms with Crippen LogP contribution >= 0.6 is 0 Å². The second-order valence-electron chi connectivity index (χ2n) is 4.98. The standard InChI is InChI=1S/C17H20N2O4/c1-13-10-15(22-2)11-17(21)19(13)9-8-18-16(20)12-23-14-6-4-3-5-7-14/h3-7,10-11H,8-9,12H2,1-2H3,(H,18,20). The molecule has 0 spiro atoms. The van der Waals surface area contributed by atoms with Gasteiger partial charge in [0.05, 0.1) is 7.11 Å². The Hall–Kier alpha value is -2.76. The fraction of sp³-hybridized carbons (Fsp3) is 0.294. The second-order valence-corrected chi connectivity index (χ2v) is 4.98. The highest BCUT2D eigenvalue weighted by Gasteiger charge is 2.06. The first kappa shape index (κ1) is 16.6. The Balaban J connectivity index is 1.81. The first-order valence-corrected chi connectivity index (χ1v) is 7.30. The number of aromatic nitrogens is 1. The maximum atomic E-state index is 12.0. The third kappa shape index (κ3) is 4.88. The Morgan fingerprint density at radius 2 is 1.91 bits per heavy atom. The maximum absolute atomic E-state index is 12.0. The smallest absolute Gasteiger partial charge is 0.258 e. The molecular formula is C17H20N2O4. The number of para-hydroxylation sites is 1. The van der Waals surface area contributed by atoms with Gasteiger partial charge in [-0.15, -0.1) is 0 Å². The van der Waals surface area contributed by atoms with Crippen molar-refractivity contribution in [2.45, 2.75) is 13.5 Å². The van der Waals surface area contributed by atoms with Crippen molar-refractivity contribution in [3.05, 3.63) is 58.5 Å². The van der Waals surface area contributed by atoms with Gasteiger partial charge in [0.2, 0.25) is 0 Å². The second kappa shape index (κ2) is 8.03. The average Bonchev–Trinajstić information content (AvgIpc) is 2.56. The molecule has 1 aromatic carbocycles. The molecule has 0 aliphatic carbocycles. The van der Waals surface area contributed by atoms with E-state index >= 15 is 0 Å². The molecule has 23 heavy (non-hydrogen) atoms. The van der Waals surface area contributed by atoms with Crippen LogP contribution in [0.1, 0.15) is 5.69 Å². The van der Waals surface area contributed by atoms with E-state index in [1.165, 1.54) is 13.2 Å². The van der Waals surface area contributed by atoms with Crippen LogP contribution in [-0.4, -0.2) is 30.7 Å². The van der Waals surface area contributed by atoms with Crippen LogP contribution in [0.4, 0.5) is 0 Å². The van der Waals surface area contributed by atoms with Crippen molar-refractivity contribution in [2.24, 2.45) is 0 Å². The first-order chi connectivity index (χ1) is 11.1. The molecule has 0 aliphatic heterocycles. The lowest BCUT2D eigenvalue weighted by Crippen LogP contribution is -2.34. The zero-order chi connectivity index (χ0) is 16.7. The number of hydrogen-bond acceptors (Lipinski definition) is 4. The molecule has 1 N–H and O–H groups in total. The predicted molar refractivity (Wildman–Crippen MR) is 86.9 cm³/mol. The summed E-state index contributed by atoms with van der Waals surface area (Å²) in [4.78, 5) is 23.7. The number of aryl methyl sites for hydroxylation is 1. The molecule has 6 nitrogen and oxygen atoms in total. The van der Waals surface area contributed by atoms with Crippen LogP contribution in [0.5, 0.6) is 11.5 Å². The van der Waals surface area contributed by atoms with Gasteiger partial charge in [0.25, 0.3) is 11.5 Å². The summed E-state index contributed by atoms with van der Waals surface area (Å²) in [6.07, 6.45) is 0. The van der Waals surface area contributed by atoms with Crippen molar-refractivity contribution < 1.29 is 14.3 Å². The van der Waals surface area contributed by atoms with Gasteiger partial charge in [-0.25, -0.2) is 0 Å². The number of hydrogen-bond donors (Lipinski definition) is 1. The summed E-state index contributed by atoms with van der Waals surface area (Å²) in [5.41, 5.74) is 0.626. The van der Waals surface area contributed by atoms with E-state index in [0.29, 0.717) is 24.6 Å². The Labute approximate surface area is 134 Å². The summed E-state index contributed by atoms with van der Waals surface area (Å²) in [6, 6.07) is 12.3. The summed E-state index contributed by atoms with van der Waals surface area (Å²) in [5.74, 6) is 0.946. The topological polar surface area (TPSA) is 69.6 Å². The molecule has 0 fully saturated rings. The van der Waals surface area contributed by atoms with Gasteiger partial charge in [-0.2, -0.15) is 0 Å². The summed E-state index contributed by atoms with van der Waals surface area (Å²) in [7, 11) is 1.52. The van der Waals surface area contributed by atoms with Crippen molar-refractivity contribution in [3.8, 4) is 11.5 Å². The predicted octanol–water partition coefficient (Wildman–Crippen LogP) is 1.36. The van der Waals surface area contributed by atoms with Gasteiger partial charge in [0, 0.05) is 24.8 Å². The number of nitrogens with zero attached hydrogens (tertiary/aromatic N) is 1. The molecular weight excluding hydrogens is 296 g/mol. The lowest BCUT2D eigenvalue weighted by Gasteiger charge is -2.12. The summed E-state index contributed by atoms with van der Waals surface area (Å²) >= 11 is 0. The maximum Gasteiger partial charge on any atom is 0.258 e. The lowest BCUT2D eigenvalue weighted by molar-refractivity contribution is -0.123. The van der Waals surface area contributed by atoms with Crippen molar-refractivity contribution in [1.29, 1.82) is 0 Å². The number of methoxy groups -OCH3 is 1. The van der Waals surface area contributed by atoms with E-state index in [4.69, 9.17) is 9.47 Å². The minimum Gasteiger partial charge on any atom is -0.496 e. The van der Waals surface area contributed by atoms with Gasteiger partial charge >= 0.3 is 0 Å². The summed E-state index contributed by atoms with van der Waals surface area (Å²) in [5, 5.41) is 2.73. The van der Waals surface area contributed by atoms with Gasteiger partial charge in [0.15, 0.2) is 6.61 Å².